The lowest BCUT2D eigenvalue weighted by molar-refractivity contribution is -0.0544. The normalized spacial score (nSPS) is 12.4. The van der Waals surface area contributed by atoms with Crippen molar-refractivity contribution in [2.75, 3.05) is 19.5 Å². The Balaban J connectivity index is 1.93. The van der Waals surface area contributed by atoms with Gasteiger partial charge in [0.25, 0.3) is 5.56 Å². The summed E-state index contributed by atoms with van der Waals surface area (Å²) in [6.45, 7) is -4.51. The van der Waals surface area contributed by atoms with Gasteiger partial charge in [0.15, 0.2) is 10.9 Å². The Morgan fingerprint density at radius 3 is 2.47 bits per heavy atom. The number of methoxy groups -OCH3 is 1. The summed E-state index contributed by atoms with van der Waals surface area (Å²) < 4.78 is 65.6. The maximum absolute atomic E-state index is 13.1. The number of thioether (sulfide) groups is 1. The van der Waals surface area contributed by atoms with E-state index < -0.39 is 36.5 Å². The summed E-state index contributed by atoms with van der Waals surface area (Å²) >= 11 is 0.928. The van der Waals surface area contributed by atoms with Crippen molar-refractivity contribution in [3.05, 3.63) is 58.4 Å². The van der Waals surface area contributed by atoms with E-state index in [0.717, 1.165) is 30.0 Å². The molecule has 0 unspecified atom stereocenters. The van der Waals surface area contributed by atoms with Crippen molar-refractivity contribution in [3.63, 3.8) is 0 Å². The number of fused-ring (bicyclic) bond motifs is 1. The molecule has 3 rings (SSSR count). The van der Waals surface area contributed by atoms with Crippen molar-refractivity contribution in [3.8, 4) is 11.5 Å². The lowest BCUT2D eigenvalue weighted by Gasteiger charge is -2.19. The van der Waals surface area contributed by atoms with E-state index >= 15 is 0 Å². The maximum Gasteiger partial charge on any atom is 0.387 e. The van der Waals surface area contributed by atoms with Crippen LogP contribution in [-0.2, 0) is 4.74 Å². The van der Waals surface area contributed by atoms with E-state index in [1.54, 1.807) is 31.2 Å². The number of aromatic nitrogens is 2. The molecule has 1 heterocycles. The Labute approximate surface area is 195 Å². The molecule has 12 heteroatoms. The van der Waals surface area contributed by atoms with Crippen LogP contribution in [0, 0.1) is 0 Å². The van der Waals surface area contributed by atoms with Crippen LogP contribution in [0.5, 0.6) is 11.5 Å². The van der Waals surface area contributed by atoms with Crippen LogP contribution in [0.2, 0.25) is 0 Å². The van der Waals surface area contributed by atoms with Crippen LogP contribution < -0.4 is 15.0 Å². The molecule has 0 aliphatic heterocycles. The lowest BCUT2D eigenvalue weighted by Crippen LogP contribution is -2.28. The van der Waals surface area contributed by atoms with Crippen molar-refractivity contribution in [2.24, 2.45) is 0 Å². The molecule has 1 aromatic heterocycles. The number of Topliss-reactive ketones (excluding diaryl/α,β-unsaturated/α-hetero) is 1. The van der Waals surface area contributed by atoms with Gasteiger partial charge >= 0.3 is 13.2 Å². The lowest BCUT2D eigenvalue weighted by atomic mass is 10.1. The Morgan fingerprint density at radius 1 is 1.09 bits per heavy atom. The van der Waals surface area contributed by atoms with Gasteiger partial charge in [0.2, 0.25) is 0 Å². The number of carbonyl (C=O) groups is 1. The Hall–Kier alpha value is -3.12. The fourth-order valence-corrected chi connectivity index (χ4v) is 4.22. The molecule has 0 fully saturated rings. The van der Waals surface area contributed by atoms with Crippen LogP contribution in [-0.4, -0.2) is 48.0 Å². The third-order valence-corrected chi connectivity index (χ3v) is 5.60. The standard InChI is InChI=1S/C22H20F4N2O5S/c1-12(10-31-2)28-19(30)14-5-3-4-6-16(14)27-22(28)34-11-17(29)15-8-7-13(32-20(23)24)9-18(15)33-21(25)26/h3-9,12,20-21H,10-11H2,1-2H3/t12-/m1/s1. The second-order valence-corrected chi connectivity index (χ2v) is 7.96. The summed E-state index contributed by atoms with van der Waals surface area (Å²) in [7, 11) is 1.48. The minimum atomic E-state index is -3.29. The van der Waals surface area contributed by atoms with Crippen LogP contribution in [0.4, 0.5) is 17.6 Å². The first-order valence-electron chi connectivity index (χ1n) is 9.91. The first kappa shape index (κ1) is 25.5. The molecule has 0 amide bonds. The molecule has 0 spiro atoms. The van der Waals surface area contributed by atoms with Crippen LogP contribution >= 0.6 is 11.8 Å². The minimum Gasteiger partial charge on any atom is -0.435 e. The van der Waals surface area contributed by atoms with Crippen molar-refractivity contribution in [1.82, 2.24) is 9.55 Å². The molecule has 0 N–H and O–H groups in total. The highest BCUT2D eigenvalue weighted by Crippen LogP contribution is 2.30. The molecule has 0 aliphatic carbocycles. The number of carbonyl (C=O) groups excluding carboxylic acids is 1. The summed E-state index contributed by atoms with van der Waals surface area (Å²) in [6.07, 6.45) is 0. The van der Waals surface area contributed by atoms with E-state index in [-0.39, 0.29) is 28.6 Å². The number of para-hydroxylation sites is 1. The number of alkyl halides is 4. The summed E-state index contributed by atoms with van der Waals surface area (Å²) in [5, 5.41) is 0.624. The average Bonchev–Trinajstić information content (AvgIpc) is 2.77. The van der Waals surface area contributed by atoms with Crippen molar-refractivity contribution in [2.45, 2.75) is 31.3 Å². The maximum atomic E-state index is 13.1. The highest BCUT2D eigenvalue weighted by atomic mass is 32.2. The SMILES string of the molecule is COC[C@@H](C)n1c(SCC(=O)c2ccc(OC(F)F)cc2OC(F)F)nc2ccccc2c1=O. The summed E-state index contributed by atoms with van der Waals surface area (Å²) in [5.74, 6) is -1.97. The third-order valence-electron chi connectivity index (χ3n) is 4.65. The highest BCUT2D eigenvalue weighted by molar-refractivity contribution is 7.99. The number of ether oxygens (including phenoxy) is 3. The molecule has 0 radical (unpaired) electrons. The number of benzene rings is 2. The van der Waals surface area contributed by atoms with Crippen LogP contribution in [0.15, 0.2) is 52.4 Å². The number of nitrogens with zero attached hydrogens (tertiary/aromatic N) is 2. The van der Waals surface area contributed by atoms with E-state index in [4.69, 9.17) is 4.74 Å². The van der Waals surface area contributed by atoms with E-state index in [9.17, 15) is 27.2 Å². The largest absolute Gasteiger partial charge is 0.435 e. The molecule has 2 aromatic carbocycles. The monoisotopic (exact) mass is 500 g/mol. The summed E-state index contributed by atoms with van der Waals surface area (Å²) in [6, 6.07) is 9.21. The van der Waals surface area contributed by atoms with Gasteiger partial charge in [-0.05, 0) is 31.2 Å². The molecular weight excluding hydrogens is 480 g/mol. The molecule has 7 nitrogen and oxygen atoms in total. The third kappa shape index (κ3) is 6.06. The number of hydrogen-bond acceptors (Lipinski definition) is 7. The molecule has 0 bridgehead atoms. The van der Waals surface area contributed by atoms with Gasteiger partial charge in [0.05, 0.1) is 34.9 Å². The number of hydrogen-bond donors (Lipinski definition) is 0. The molecule has 182 valence electrons. The van der Waals surface area contributed by atoms with Crippen molar-refractivity contribution < 1.29 is 36.6 Å². The zero-order valence-electron chi connectivity index (χ0n) is 18.0. The van der Waals surface area contributed by atoms with Gasteiger partial charge in [-0.2, -0.15) is 17.6 Å². The van der Waals surface area contributed by atoms with E-state index in [0.29, 0.717) is 10.9 Å². The number of halogens is 4. The fraction of sp³-hybridized carbons (Fsp3) is 0.318. The van der Waals surface area contributed by atoms with Crippen LogP contribution in [0.3, 0.4) is 0 Å². The molecule has 0 saturated heterocycles. The van der Waals surface area contributed by atoms with Crippen molar-refractivity contribution in [1.29, 1.82) is 0 Å². The first-order chi connectivity index (χ1) is 16.2. The van der Waals surface area contributed by atoms with Gasteiger partial charge < -0.3 is 14.2 Å². The van der Waals surface area contributed by atoms with Crippen LogP contribution in [0.1, 0.15) is 23.3 Å². The number of ketones is 1. The molecule has 34 heavy (non-hydrogen) atoms. The van der Waals surface area contributed by atoms with Crippen molar-refractivity contribution >= 4 is 28.4 Å². The molecule has 1 atom stereocenters. The second kappa shape index (κ2) is 11.3. The first-order valence-corrected chi connectivity index (χ1v) is 10.9. The van der Waals surface area contributed by atoms with Gasteiger partial charge in [-0.1, -0.05) is 23.9 Å². The Morgan fingerprint density at radius 2 is 1.79 bits per heavy atom. The van der Waals surface area contributed by atoms with Gasteiger partial charge in [0, 0.05) is 13.2 Å². The highest BCUT2D eigenvalue weighted by Gasteiger charge is 2.21. The van der Waals surface area contributed by atoms with E-state index in [1.165, 1.54) is 11.7 Å². The van der Waals surface area contributed by atoms with Gasteiger partial charge in [-0.3, -0.25) is 14.2 Å². The Bertz CT molecular complexity index is 1220. The summed E-state index contributed by atoms with van der Waals surface area (Å²) in [4.78, 5) is 30.4. The predicted molar refractivity (Wildman–Crippen MR) is 117 cm³/mol. The summed E-state index contributed by atoms with van der Waals surface area (Å²) in [5.41, 5.74) is -0.145. The zero-order valence-corrected chi connectivity index (χ0v) is 18.9. The molecule has 0 aliphatic rings. The molecule has 3 aromatic rings. The minimum absolute atomic E-state index is 0.208. The Kier molecular flexibility index (Phi) is 8.51. The van der Waals surface area contributed by atoms with E-state index in [1.807, 2.05) is 0 Å². The molecular formula is C22H20F4N2O5S. The van der Waals surface area contributed by atoms with Gasteiger partial charge in [-0.15, -0.1) is 0 Å². The quantitative estimate of drug-likeness (QED) is 0.162. The zero-order chi connectivity index (χ0) is 24.8. The fourth-order valence-electron chi connectivity index (χ4n) is 3.24. The average molecular weight is 500 g/mol. The van der Waals surface area contributed by atoms with Gasteiger partial charge in [-0.25, -0.2) is 4.98 Å². The predicted octanol–water partition coefficient (Wildman–Crippen LogP) is 4.78. The second-order valence-electron chi connectivity index (χ2n) is 7.02. The van der Waals surface area contributed by atoms with E-state index in [2.05, 4.69) is 14.5 Å². The molecule has 0 saturated carbocycles. The topological polar surface area (TPSA) is 79.7 Å². The van der Waals surface area contributed by atoms with Gasteiger partial charge in [0.1, 0.15) is 11.5 Å². The van der Waals surface area contributed by atoms with Crippen LogP contribution in [0.25, 0.3) is 10.9 Å². The smallest absolute Gasteiger partial charge is 0.387 e. The number of rotatable bonds is 11.